The summed E-state index contributed by atoms with van der Waals surface area (Å²) in [4.78, 5) is 0. The van der Waals surface area contributed by atoms with Crippen LogP contribution in [0.15, 0.2) is 42.3 Å². The molecule has 0 fully saturated rings. The van der Waals surface area contributed by atoms with Gasteiger partial charge in [0.2, 0.25) is 0 Å². The summed E-state index contributed by atoms with van der Waals surface area (Å²) in [6, 6.07) is 0. The van der Waals surface area contributed by atoms with Crippen LogP contribution in [0.25, 0.3) is 0 Å². The van der Waals surface area contributed by atoms with E-state index in [0.717, 1.165) is 0 Å². The summed E-state index contributed by atoms with van der Waals surface area (Å²) in [6.07, 6.45) is 12.3. The van der Waals surface area contributed by atoms with Gasteiger partial charge in [-0.2, -0.15) is 0 Å². The third kappa shape index (κ3) is 3.62. The van der Waals surface area contributed by atoms with Crippen molar-refractivity contribution in [3.05, 3.63) is 42.3 Å². The molecule has 0 amide bonds. The topological polar surface area (TPSA) is 0 Å². The molecule has 0 unspecified atom stereocenters. The van der Waals surface area contributed by atoms with Crippen LogP contribution in [-0.4, -0.2) is 16.1 Å². The van der Waals surface area contributed by atoms with Gasteiger partial charge < -0.3 is 0 Å². The van der Waals surface area contributed by atoms with Gasteiger partial charge in [-0.25, -0.2) is 0 Å². The van der Waals surface area contributed by atoms with E-state index < -0.39 is 35.9 Å². The number of hydrogen-bond acceptors (Lipinski definition) is 0. The Morgan fingerprint density at radius 2 is 1.11 bits per heavy atom. The molecule has 19 heavy (non-hydrogen) atoms. The van der Waals surface area contributed by atoms with Gasteiger partial charge in [0.1, 0.15) is 0 Å². The molecule has 0 aromatic carbocycles. The summed E-state index contributed by atoms with van der Waals surface area (Å²) in [7, 11) is -2.24. The average Bonchev–Trinajstić information content (AvgIpc) is 2.83. The summed E-state index contributed by atoms with van der Waals surface area (Å²) in [5, 5.41) is 3.58. The molecule has 103 valence electrons. The Morgan fingerprint density at radius 1 is 0.737 bits per heavy atom. The summed E-state index contributed by atoms with van der Waals surface area (Å²) >= 11 is -0.613. The van der Waals surface area contributed by atoms with Crippen molar-refractivity contribution in [3.8, 4) is 0 Å². The van der Waals surface area contributed by atoms with E-state index in [1.54, 1.807) is 10.4 Å². The Balaban J connectivity index is 2.28. The van der Waals surface area contributed by atoms with Gasteiger partial charge >= 0.3 is 130 Å². The Labute approximate surface area is 130 Å². The van der Waals surface area contributed by atoms with Crippen LogP contribution < -0.4 is 0 Å². The van der Waals surface area contributed by atoms with E-state index in [9.17, 15) is 0 Å². The minimum atomic E-state index is -1.12. The van der Waals surface area contributed by atoms with Crippen LogP contribution in [0.5, 0.6) is 0 Å². The molecule has 0 radical (unpaired) electrons. The van der Waals surface area contributed by atoms with E-state index in [4.69, 9.17) is 0 Å². The molecule has 0 aromatic rings. The van der Waals surface area contributed by atoms with Crippen molar-refractivity contribution in [2.45, 2.75) is 52.1 Å². The maximum absolute atomic E-state index is 2.50. The van der Waals surface area contributed by atoms with Crippen LogP contribution in [0.1, 0.15) is 12.8 Å². The van der Waals surface area contributed by atoms with Gasteiger partial charge in [0.15, 0.2) is 0 Å². The second-order valence-corrected chi connectivity index (χ2v) is 22.3. The van der Waals surface area contributed by atoms with Crippen molar-refractivity contribution in [3.63, 3.8) is 0 Å². The van der Waals surface area contributed by atoms with Crippen LogP contribution >= 0.6 is 0 Å². The van der Waals surface area contributed by atoms with Crippen LogP contribution in [0.4, 0.5) is 0 Å². The molecule has 2 aliphatic carbocycles. The zero-order valence-corrected chi connectivity index (χ0v) is 18.4. The fourth-order valence-electron chi connectivity index (χ4n) is 2.73. The Bertz CT molecular complexity index is 448. The standard InChI is InChI=1S/2C8H13Si.Ta/c2*1-9(2,3)8-6-4-5-7-8;/h2*4,6H,5H2,1-3H3;. The van der Waals surface area contributed by atoms with E-state index in [2.05, 4.69) is 63.6 Å². The SMILES string of the molecule is C[Si](C)(C)C1=[C]([Ta][C]2=C([Si](C)(C)C)C=CC2)CC=C1. The Morgan fingerprint density at radius 3 is 1.42 bits per heavy atom. The first kappa shape index (κ1) is 15.5. The maximum atomic E-state index is 2.50. The average molecular weight is 456 g/mol. The minimum absolute atomic E-state index is 0.613. The molecular formula is C16H26Si2Ta. The predicted octanol–water partition coefficient (Wildman–Crippen LogP) is 5.25. The monoisotopic (exact) mass is 455 g/mol. The molecule has 0 bridgehead atoms. The molecule has 3 heteroatoms. The Hall–Kier alpha value is 0.134. The second kappa shape index (κ2) is 5.49. The van der Waals surface area contributed by atoms with Gasteiger partial charge in [-0.1, -0.05) is 0 Å². The molecule has 0 aliphatic heterocycles. The molecule has 0 heterocycles. The normalized spacial score (nSPS) is 19.9. The number of hydrogen-bond donors (Lipinski definition) is 0. The first-order chi connectivity index (χ1) is 8.69. The molecule has 0 atom stereocenters. The summed E-state index contributed by atoms with van der Waals surface area (Å²) in [5.74, 6) is 0. The summed E-state index contributed by atoms with van der Waals surface area (Å²) in [6.45, 7) is 15.0. The first-order valence-corrected chi connectivity index (χ1v) is 17.4. The van der Waals surface area contributed by atoms with Crippen molar-refractivity contribution in [2.24, 2.45) is 0 Å². The third-order valence-corrected chi connectivity index (χ3v) is 14.4. The van der Waals surface area contributed by atoms with E-state index in [1.165, 1.54) is 12.8 Å². The molecule has 2 rings (SSSR count). The molecule has 2 aliphatic rings. The quantitative estimate of drug-likeness (QED) is 0.508. The van der Waals surface area contributed by atoms with Crippen molar-refractivity contribution in [2.75, 3.05) is 0 Å². The zero-order chi connectivity index (χ0) is 14.3. The summed E-state index contributed by atoms with van der Waals surface area (Å²) in [5.41, 5.74) is 0. The Kier molecular flexibility index (Phi) is 4.49. The number of rotatable bonds is 4. The fraction of sp³-hybridized carbons (Fsp3) is 0.500. The van der Waals surface area contributed by atoms with Crippen LogP contribution in [0, 0.1) is 0 Å². The van der Waals surface area contributed by atoms with Gasteiger partial charge in [0.25, 0.3) is 0 Å². The van der Waals surface area contributed by atoms with Gasteiger partial charge in [0, 0.05) is 0 Å². The van der Waals surface area contributed by atoms with Crippen molar-refractivity contribution in [1.82, 2.24) is 0 Å². The predicted molar refractivity (Wildman–Crippen MR) is 88.3 cm³/mol. The summed E-state index contributed by atoms with van der Waals surface area (Å²) < 4.78 is 3.79. The van der Waals surface area contributed by atoms with Gasteiger partial charge in [-0.3, -0.25) is 0 Å². The van der Waals surface area contributed by atoms with Crippen LogP contribution in [0.3, 0.4) is 0 Å². The molecule has 0 spiro atoms. The van der Waals surface area contributed by atoms with Gasteiger partial charge in [-0.15, -0.1) is 0 Å². The molecule has 0 nitrogen and oxygen atoms in total. The van der Waals surface area contributed by atoms with Crippen molar-refractivity contribution in [1.29, 1.82) is 0 Å². The van der Waals surface area contributed by atoms with E-state index in [0.29, 0.717) is 0 Å². The molecule has 0 N–H and O–H groups in total. The molecule has 0 saturated carbocycles. The first-order valence-electron chi connectivity index (χ1n) is 7.21. The van der Waals surface area contributed by atoms with Crippen molar-refractivity contribution >= 4 is 16.1 Å². The molecule has 0 aromatic heterocycles. The molecular weight excluding hydrogens is 429 g/mol. The van der Waals surface area contributed by atoms with Gasteiger partial charge in [-0.05, 0) is 0 Å². The van der Waals surface area contributed by atoms with Gasteiger partial charge in [0.05, 0.1) is 0 Å². The fourth-order valence-corrected chi connectivity index (χ4v) is 18.0. The third-order valence-electron chi connectivity index (χ3n) is 3.70. The van der Waals surface area contributed by atoms with E-state index in [1.807, 2.05) is 7.58 Å². The second-order valence-electron chi connectivity index (χ2n) is 7.55. The van der Waals surface area contributed by atoms with Crippen molar-refractivity contribution < 1.29 is 19.8 Å². The van der Waals surface area contributed by atoms with Crippen LogP contribution in [0.2, 0.25) is 39.3 Å². The van der Waals surface area contributed by atoms with E-state index in [-0.39, 0.29) is 0 Å². The molecule has 0 saturated heterocycles. The van der Waals surface area contributed by atoms with Crippen LogP contribution in [-0.2, 0) is 19.8 Å². The number of allylic oxidation sites excluding steroid dienone is 8. The zero-order valence-electron chi connectivity index (χ0n) is 13.2. The van der Waals surface area contributed by atoms with E-state index >= 15 is 0 Å².